The number of hydrogen-bond acceptors (Lipinski definition) is 3. The highest BCUT2D eigenvalue weighted by Gasteiger charge is 2.21. The Morgan fingerprint density at radius 1 is 1.37 bits per heavy atom. The number of hydrogen-bond donors (Lipinski definition) is 1. The minimum absolute atomic E-state index is 0.279. The van der Waals surface area contributed by atoms with E-state index in [-0.39, 0.29) is 12.1 Å². The number of benzene rings is 1. The molecule has 19 heavy (non-hydrogen) atoms. The van der Waals surface area contributed by atoms with Crippen LogP contribution in [0.5, 0.6) is 0 Å². The van der Waals surface area contributed by atoms with Crippen molar-refractivity contribution < 1.29 is 9.47 Å². The smallest absolute Gasteiger partial charge is 0.104 e. The molecule has 0 aliphatic carbocycles. The molecule has 0 saturated carbocycles. The summed E-state index contributed by atoms with van der Waals surface area (Å²) in [5, 5.41) is 3.58. The van der Waals surface area contributed by atoms with Crippen LogP contribution in [0.1, 0.15) is 36.1 Å². The SMILES string of the molecule is CCCNC(COC1COC1)c1ccc(C)cc1C. The molecule has 1 aliphatic rings. The zero-order chi connectivity index (χ0) is 13.7. The summed E-state index contributed by atoms with van der Waals surface area (Å²) in [5.41, 5.74) is 3.99. The van der Waals surface area contributed by atoms with E-state index in [4.69, 9.17) is 9.47 Å². The Kier molecular flexibility index (Phi) is 5.37. The summed E-state index contributed by atoms with van der Waals surface area (Å²) < 4.78 is 11.0. The highest BCUT2D eigenvalue weighted by molar-refractivity contribution is 5.32. The van der Waals surface area contributed by atoms with Gasteiger partial charge in [-0.1, -0.05) is 30.7 Å². The fourth-order valence-corrected chi connectivity index (χ4v) is 2.34. The molecular weight excluding hydrogens is 238 g/mol. The Hall–Kier alpha value is -0.900. The standard InChI is InChI=1S/C16H25NO2/c1-4-7-17-16(11-19-14-9-18-10-14)15-6-5-12(2)8-13(15)3/h5-6,8,14,16-17H,4,7,9-11H2,1-3H3. The fraction of sp³-hybridized carbons (Fsp3) is 0.625. The van der Waals surface area contributed by atoms with Crippen LogP contribution in [0.4, 0.5) is 0 Å². The summed E-state index contributed by atoms with van der Waals surface area (Å²) in [4.78, 5) is 0. The molecule has 1 atom stereocenters. The van der Waals surface area contributed by atoms with E-state index in [0.717, 1.165) is 32.8 Å². The topological polar surface area (TPSA) is 30.5 Å². The molecule has 3 heteroatoms. The first-order valence-corrected chi connectivity index (χ1v) is 7.20. The number of rotatable bonds is 7. The lowest BCUT2D eigenvalue weighted by Gasteiger charge is -2.29. The fourth-order valence-electron chi connectivity index (χ4n) is 2.34. The Morgan fingerprint density at radius 2 is 2.16 bits per heavy atom. The lowest BCUT2D eigenvalue weighted by molar-refractivity contribution is -0.133. The first-order valence-electron chi connectivity index (χ1n) is 7.20. The summed E-state index contributed by atoms with van der Waals surface area (Å²) >= 11 is 0. The molecule has 3 nitrogen and oxygen atoms in total. The molecule has 1 fully saturated rings. The van der Waals surface area contributed by atoms with Gasteiger partial charge in [-0.3, -0.25) is 0 Å². The van der Waals surface area contributed by atoms with E-state index >= 15 is 0 Å². The summed E-state index contributed by atoms with van der Waals surface area (Å²) in [6, 6.07) is 6.91. The van der Waals surface area contributed by atoms with Crippen LogP contribution in [0.15, 0.2) is 18.2 Å². The van der Waals surface area contributed by atoms with Crippen LogP contribution < -0.4 is 5.32 Å². The van der Waals surface area contributed by atoms with Gasteiger partial charge in [-0.05, 0) is 37.9 Å². The third-order valence-electron chi connectivity index (χ3n) is 3.55. The quantitative estimate of drug-likeness (QED) is 0.820. The monoisotopic (exact) mass is 263 g/mol. The summed E-state index contributed by atoms with van der Waals surface area (Å²) in [7, 11) is 0. The maximum atomic E-state index is 5.89. The minimum atomic E-state index is 0.279. The molecule has 1 N–H and O–H groups in total. The first-order chi connectivity index (χ1) is 9.20. The van der Waals surface area contributed by atoms with Crippen LogP contribution in [-0.2, 0) is 9.47 Å². The third-order valence-corrected chi connectivity index (χ3v) is 3.55. The molecule has 106 valence electrons. The van der Waals surface area contributed by atoms with Gasteiger partial charge in [-0.2, -0.15) is 0 Å². The first kappa shape index (κ1) is 14.5. The van der Waals surface area contributed by atoms with Gasteiger partial charge >= 0.3 is 0 Å². The van der Waals surface area contributed by atoms with Gasteiger partial charge in [-0.15, -0.1) is 0 Å². The Balaban J connectivity index is 2.01. The van der Waals surface area contributed by atoms with E-state index in [2.05, 4.69) is 44.3 Å². The third kappa shape index (κ3) is 4.03. The van der Waals surface area contributed by atoms with Crippen LogP contribution in [0.3, 0.4) is 0 Å². The Labute approximate surface area is 116 Å². The molecule has 2 rings (SSSR count). The van der Waals surface area contributed by atoms with Gasteiger partial charge in [-0.25, -0.2) is 0 Å². The lowest BCUT2D eigenvalue weighted by atomic mass is 9.99. The van der Waals surface area contributed by atoms with Crippen molar-refractivity contribution in [3.05, 3.63) is 34.9 Å². The molecule has 1 unspecified atom stereocenters. The van der Waals surface area contributed by atoms with Crippen molar-refractivity contribution in [3.8, 4) is 0 Å². The van der Waals surface area contributed by atoms with Gasteiger partial charge in [0.25, 0.3) is 0 Å². The highest BCUT2D eigenvalue weighted by Crippen LogP contribution is 2.21. The molecule has 0 spiro atoms. The molecule has 0 amide bonds. The largest absolute Gasteiger partial charge is 0.376 e. The van der Waals surface area contributed by atoms with Crippen molar-refractivity contribution in [2.24, 2.45) is 0 Å². The average Bonchev–Trinajstić information content (AvgIpc) is 2.32. The zero-order valence-electron chi connectivity index (χ0n) is 12.2. The van der Waals surface area contributed by atoms with Crippen molar-refractivity contribution in [3.63, 3.8) is 0 Å². The zero-order valence-corrected chi connectivity index (χ0v) is 12.2. The van der Waals surface area contributed by atoms with Gasteiger partial charge in [0.15, 0.2) is 0 Å². The lowest BCUT2D eigenvalue weighted by Crippen LogP contribution is -2.38. The van der Waals surface area contributed by atoms with Gasteiger partial charge in [0.05, 0.1) is 25.9 Å². The maximum Gasteiger partial charge on any atom is 0.104 e. The van der Waals surface area contributed by atoms with E-state index in [1.165, 1.54) is 16.7 Å². The second-order valence-electron chi connectivity index (χ2n) is 5.36. The normalized spacial score (nSPS) is 17.2. The molecular formula is C16H25NO2. The Bertz CT molecular complexity index is 402. The van der Waals surface area contributed by atoms with Crippen molar-refractivity contribution in [1.29, 1.82) is 0 Å². The number of ether oxygens (including phenoxy) is 2. The van der Waals surface area contributed by atoms with E-state index in [0.29, 0.717) is 0 Å². The van der Waals surface area contributed by atoms with Crippen LogP contribution in [0.2, 0.25) is 0 Å². The van der Waals surface area contributed by atoms with Crippen molar-refractivity contribution in [1.82, 2.24) is 5.32 Å². The van der Waals surface area contributed by atoms with Gasteiger partial charge in [0.1, 0.15) is 6.10 Å². The van der Waals surface area contributed by atoms with Crippen molar-refractivity contribution in [2.45, 2.75) is 39.3 Å². The van der Waals surface area contributed by atoms with Gasteiger partial charge < -0.3 is 14.8 Å². The van der Waals surface area contributed by atoms with Crippen molar-refractivity contribution in [2.75, 3.05) is 26.4 Å². The summed E-state index contributed by atoms with van der Waals surface area (Å²) in [6.07, 6.45) is 1.42. The number of nitrogens with one attached hydrogen (secondary N) is 1. The summed E-state index contributed by atoms with van der Waals surface area (Å²) in [6.45, 7) is 9.72. The summed E-state index contributed by atoms with van der Waals surface area (Å²) in [5.74, 6) is 0. The molecule has 0 aromatic heterocycles. The highest BCUT2D eigenvalue weighted by atomic mass is 16.6. The maximum absolute atomic E-state index is 5.89. The predicted octanol–water partition coefficient (Wildman–Crippen LogP) is 2.76. The molecule has 0 bridgehead atoms. The molecule has 1 aliphatic heterocycles. The molecule has 0 radical (unpaired) electrons. The van der Waals surface area contributed by atoms with Crippen LogP contribution in [0.25, 0.3) is 0 Å². The minimum Gasteiger partial charge on any atom is -0.376 e. The Morgan fingerprint density at radius 3 is 2.74 bits per heavy atom. The second kappa shape index (κ2) is 7.04. The molecule has 1 heterocycles. The van der Waals surface area contributed by atoms with E-state index in [9.17, 15) is 0 Å². The number of aryl methyl sites for hydroxylation is 2. The van der Waals surface area contributed by atoms with E-state index in [1.807, 2.05) is 0 Å². The second-order valence-corrected chi connectivity index (χ2v) is 5.36. The van der Waals surface area contributed by atoms with Crippen LogP contribution in [0, 0.1) is 13.8 Å². The molecule has 1 saturated heterocycles. The van der Waals surface area contributed by atoms with E-state index < -0.39 is 0 Å². The van der Waals surface area contributed by atoms with Crippen LogP contribution in [-0.4, -0.2) is 32.5 Å². The molecule has 1 aromatic rings. The predicted molar refractivity (Wildman–Crippen MR) is 77.5 cm³/mol. The van der Waals surface area contributed by atoms with Gasteiger partial charge in [0.2, 0.25) is 0 Å². The van der Waals surface area contributed by atoms with Crippen LogP contribution >= 0.6 is 0 Å². The van der Waals surface area contributed by atoms with Gasteiger partial charge in [0, 0.05) is 0 Å². The van der Waals surface area contributed by atoms with Crippen molar-refractivity contribution >= 4 is 0 Å². The average molecular weight is 263 g/mol. The molecule has 1 aromatic carbocycles. The van der Waals surface area contributed by atoms with E-state index in [1.54, 1.807) is 0 Å².